The molecule has 1 saturated carbocycles. The van der Waals surface area contributed by atoms with Crippen molar-refractivity contribution in [3.05, 3.63) is 30.4 Å². The number of aromatic nitrogens is 3. The molecular weight excluding hydrogens is 284 g/mol. The standard InChI is InChI=1S/C15H18N4OS/c1-2-12(1)14-17-15(21-18-14)19-8-5-11(9-19)10-20-13-3-6-16-7-4-13/h3-4,6-7,11-12H,1-2,5,8-10H2. The molecule has 1 saturated heterocycles. The van der Waals surface area contributed by atoms with Gasteiger partial charge in [0.05, 0.1) is 6.61 Å². The van der Waals surface area contributed by atoms with E-state index in [1.807, 2.05) is 12.1 Å². The lowest BCUT2D eigenvalue weighted by atomic mass is 10.1. The fraction of sp³-hybridized carbons (Fsp3) is 0.533. The first-order chi connectivity index (χ1) is 10.4. The van der Waals surface area contributed by atoms with Gasteiger partial charge in [-0.25, -0.2) is 4.98 Å². The molecule has 4 rings (SSSR count). The summed E-state index contributed by atoms with van der Waals surface area (Å²) in [7, 11) is 0. The maximum Gasteiger partial charge on any atom is 0.205 e. The van der Waals surface area contributed by atoms with Crippen LogP contribution in [0.25, 0.3) is 0 Å². The highest BCUT2D eigenvalue weighted by atomic mass is 32.1. The molecule has 2 aliphatic rings. The van der Waals surface area contributed by atoms with Gasteiger partial charge >= 0.3 is 0 Å². The minimum absolute atomic E-state index is 0.562. The van der Waals surface area contributed by atoms with Crippen molar-refractivity contribution in [1.82, 2.24) is 14.3 Å². The third-order valence-corrected chi connectivity index (χ3v) is 4.86. The smallest absolute Gasteiger partial charge is 0.205 e. The molecule has 0 aromatic carbocycles. The summed E-state index contributed by atoms with van der Waals surface area (Å²) in [5, 5.41) is 1.09. The zero-order valence-corrected chi connectivity index (χ0v) is 12.6. The summed E-state index contributed by atoms with van der Waals surface area (Å²) in [5.74, 6) is 3.16. The molecule has 3 heterocycles. The molecule has 1 aliphatic heterocycles. The Bertz CT molecular complexity index is 599. The van der Waals surface area contributed by atoms with E-state index in [2.05, 4.69) is 14.3 Å². The molecule has 21 heavy (non-hydrogen) atoms. The van der Waals surface area contributed by atoms with Gasteiger partial charge in [-0.2, -0.15) is 4.37 Å². The Hall–Kier alpha value is -1.69. The lowest BCUT2D eigenvalue weighted by Crippen LogP contribution is -2.21. The van der Waals surface area contributed by atoms with Crippen LogP contribution >= 0.6 is 11.5 Å². The Morgan fingerprint density at radius 2 is 2.10 bits per heavy atom. The molecular formula is C15H18N4OS. The summed E-state index contributed by atoms with van der Waals surface area (Å²) in [6.07, 6.45) is 7.20. The first-order valence-electron chi connectivity index (χ1n) is 7.50. The number of ether oxygens (including phenoxy) is 1. The molecule has 0 spiro atoms. The number of anilines is 1. The number of hydrogen-bond donors (Lipinski definition) is 0. The first-order valence-corrected chi connectivity index (χ1v) is 8.27. The maximum atomic E-state index is 5.83. The quantitative estimate of drug-likeness (QED) is 0.850. The van der Waals surface area contributed by atoms with E-state index in [4.69, 9.17) is 9.72 Å². The summed E-state index contributed by atoms with van der Waals surface area (Å²) in [6, 6.07) is 3.80. The normalized spacial score (nSPS) is 21.7. The summed E-state index contributed by atoms with van der Waals surface area (Å²) in [6.45, 7) is 2.84. The van der Waals surface area contributed by atoms with Crippen LogP contribution in [-0.2, 0) is 0 Å². The third kappa shape index (κ3) is 3.00. The molecule has 1 unspecified atom stereocenters. The summed E-state index contributed by atoms with van der Waals surface area (Å²) >= 11 is 1.55. The highest BCUT2D eigenvalue weighted by Gasteiger charge is 2.30. The molecule has 1 atom stereocenters. The van der Waals surface area contributed by atoms with Crippen LogP contribution in [0.4, 0.5) is 5.13 Å². The fourth-order valence-electron chi connectivity index (χ4n) is 2.65. The van der Waals surface area contributed by atoms with Gasteiger partial charge < -0.3 is 9.64 Å². The van der Waals surface area contributed by atoms with Gasteiger partial charge in [0, 0.05) is 48.9 Å². The lowest BCUT2D eigenvalue weighted by Gasteiger charge is -2.14. The van der Waals surface area contributed by atoms with Crippen LogP contribution < -0.4 is 9.64 Å². The number of nitrogens with zero attached hydrogens (tertiary/aromatic N) is 4. The zero-order chi connectivity index (χ0) is 14.1. The van der Waals surface area contributed by atoms with E-state index >= 15 is 0 Å². The van der Waals surface area contributed by atoms with E-state index in [1.165, 1.54) is 12.8 Å². The van der Waals surface area contributed by atoms with Gasteiger partial charge in [-0.05, 0) is 31.4 Å². The Balaban J connectivity index is 1.31. The van der Waals surface area contributed by atoms with E-state index in [-0.39, 0.29) is 0 Å². The van der Waals surface area contributed by atoms with Crippen LogP contribution in [0.5, 0.6) is 5.75 Å². The summed E-state index contributed by atoms with van der Waals surface area (Å²) < 4.78 is 10.3. The minimum atomic E-state index is 0.562. The monoisotopic (exact) mass is 302 g/mol. The highest BCUT2D eigenvalue weighted by molar-refractivity contribution is 7.09. The minimum Gasteiger partial charge on any atom is -0.493 e. The summed E-state index contributed by atoms with van der Waals surface area (Å²) in [4.78, 5) is 11.0. The molecule has 2 fully saturated rings. The Kier molecular flexibility index (Phi) is 3.47. The van der Waals surface area contributed by atoms with Gasteiger partial charge in [0.1, 0.15) is 11.6 Å². The van der Waals surface area contributed by atoms with Gasteiger partial charge in [0.2, 0.25) is 5.13 Å². The molecule has 0 bridgehead atoms. The van der Waals surface area contributed by atoms with Crippen LogP contribution in [0.3, 0.4) is 0 Å². The van der Waals surface area contributed by atoms with Crippen molar-refractivity contribution in [2.45, 2.75) is 25.2 Å². The predicted octanol–water partition coefficient (Wildman–Crippen LogP) is 2.72. The van der Waals surface area contributed by atoms with E-state index in [9.17, 15) is 0 Å². The van der Waals surface area contributed by atoms with E-state index < -0.39 is 0 Å². The largest absolute Gasteiger partial charge is 0.493 e. The first kappa shape index (κ1) is 13.0. The maximum absolute atomic E-state index is 5.83. The molecule has 2 aromatic rings. The van der Waals surface area contributed by atoms with Crippen molar-refractivity contribution >= 4 is 16.7 Å². The predicted molar refractivity (Wildman–Crippen MR) is 81.9 cm³/mol. The number of hydrogen-bond acceptors (Lipinski definition) is 6. The number of rotatable bonds is 5. The van der Waals surface area contributed by atoms with Crippen LogP contribution in [0.1, 0.15) is 31.0 Å². The van der Waals surface area contributed by atoms with Crippen molar-refractivity contribution < 1.29 is 4.74 Å². The lowest BCUT2D eigenvalue weighted by molar-refractivity contribution is 0.261. The molecule has 0 amide bonds. The second-order valence-corrected chi connectivity index (χ2v) is 6.53. The van der Waals surface area contributed by atoms with Crippen LogP contribution in [0, 0.1) is 5.92 Å². The van der Waals surface area contributed by atoms with Crippen LogP contribution in [-0.4, -0.2) is 34.0 Å². The van der Waals surface area contributed by atoms with Gasteiger partial charge in [0.15, 0.2) is 0 Å². The zero-order valence-electron chi connectivity index (χ0n) is 11.8. The molecule has 5 nitrogen and oxygen atoms in total. The average molecular weight is 302 g/mol. The van der Waals surface area contributed by atoms with Crippen LogP contribution in [0.15, 0.2) is 24.5 Å². The Labute approximate surface area is 128 Å². The van der Waals surface area contributed by atoms with Crippen molar-refractivity contribution in [3.63, 3.8) is 0 Å². The van der Waals surface area contributed by atoms with E-state index in [0.717, 1.165) is 42.8 Å². The van der Waals surface area contributed by atoms with E-state index in [0.29, 0.717) is 11.8 Å². The average Bonchev–Trinajstić information content (AvgIpc) is 3.08. The summed E-state index contributed by atoms with van der Waals surface area (Å²) in [5.41, 5.74) is 0. The topological polar surface area (TPSA) is 51.1 Å². The SMILES string of the molecule is c1cc(OCC2CCN(c3nc(C4CC4)ns3)C2)ccn1. The molecule has 2 aromatic heterocycles. The van der Waals surface area contributed by atoms with Crippen molar-refractivity contribution in [1.29, 1.82) is 0 Å². The number of pyridine rings is 1. The van der Waals surface area contributed by atoms with Crippen molar-refractivity contribution in [2.75, 3.05) is 24.6 Å². The Morgan fingerprint density at radius 3 is 2.90 bits per heavy atom. The van der Waals surface area contributed by atoms with E-state index in [1.54, 1.807) is 23.9 Å². The van der Waals surface area contributed by atoms with Gasteiger partial charge in [0.25, 0.3) is 0 Å². The van der Waals surface area contributed by atoms with Gasteiger partial charge in [-0.1, -0.05) is 0 Å². The van der Waals surface area contributed by atoms with Gasteiger partial charge in [-0.15, -0.1) is 0 Å². The third-order valence-electron chi connectivity index (χ3n) is 4.07. The highest BCUT2D eigenvalue weighted by Crippen LogP contribution is 2.40. The van der Waals surface area contributed by atoms with Gasteiger partial charge in [-0.3, -0.25) is 4.98 Å². The van der Waals surface area contributed by atoms with Crippen molar-refractivity contribution in [3.8, 4) is 5.75 Å². The molecule has 0 N–H and O–H groups in total. The second kappa shape index (κ2) is 5.60. The second-order valence-electron chi connectivity index (χ2n) is 5.80. The fourth-order valence-corrected chi connectivity index (χ4v) is 3.43. The molecule has 1 aliphatic carbocycles. The van der Waals surface area contributed by atoms with Crippen molar-refractivity contribution in [2.24, 2.45) is 5.92 Å². The molecule has 0 radical (unpaired) electrons. The van der Waals surface area contributed by atoms with Crippen LogP contribution in [0.2, 0.25) is 0 Å². The molecule has 6 heteroatoms. The molecule has 110 valence electrons. The Morgan fingerprint density at radius 1 is 1.24 bits per heavy atom.